The van der Waals surface area contributed by atoms with Crippen molar-refractivity contribution in [2.45, 2.75) is 49.9 Å². The van der Waals surface area contributed by atoms with Gasteiger partial charge in [0, 0.05) is 18.8 Å². The van der Waals surface area contributed by atoms with Gasteiger partial charge in [0.05, 0.1) is 10.9 Å². The van der Waals surface area contributed by atoms with Gasteiger partial charge in [0.1, 0.15) is 5.78 Å². The summed E-state index contributed by atoms with van der Waals surface area (Å²) in [6.07, 6.45) is 7.69. The maximum Gasteiger partial charge on any atom is 0.173 e. The second-order valence-corrected chi connectivity index (χ2v) is 6.86. The molecule has 0 radical (unpaired) electrons. The third-order valence-corrected chi connectivity index (χ3v) is 5.27. The standard InChI is InChI=1S/C17H20N2OS/c1-12-7-8-13(2)14(11-12)19-10-9-18-17(19)21-16-6-4-3-5-15(16)20/h7-11,16H,3-6H2,1-2H3/t16-/m1/s1. The van der Waals surface area contributed by atoms with Crippen molar-refractivity contribution in [3.05, 3.63) is 41.7 Å². The zero-order chi connectivity index (χ0) is 14.8. The first kappa shape index (κ1) is 14.4. The van der Waals surface area contributed by atoms with Gasteiger partial charge in [-0.25, -0.2) is 4.98 Å². The molecule has 0 aliphatic heterocycles. The Kier molecular flexibility index (Phi) is 4.15. The molecule has 1 atom stereocenters. The minimum absolute atomic E-state index is 0.0741. The number of nitrogens with zero attached hydrogens (tertiary/aromatic N) is 2. The summed E-state index contributed by atoms with van der Waals surface area (Å²) in [5.74, 6) is 0.377. The van der Waals surface area contributed by atoms with Crippen LogP contribution in [0.1, 0.15) is 36.8 Å². The molecule has 0 N–H and O–H groups in total. The molecule has 0 amide bonds. The summed E-state index contributed by atoms with van der Waals surface area (Å²) in [5, 5.41) is 0.994. The van der Waals surface area contributed by atoms with E-state index >= 15 is 0 Å². The van der Waals surface area contributed by atoms with Crippen LogP contribution in [0, 0.1) is 13.8 Å². The molecule has 0 unspecified atom stereocenters. The van der Waals surface area contributed by atoms with Crippen LogP contribution in [0.4, 0.5) is 0 Å². The summed E-state index contributed by atoms with van der Waals surface area (Å²) in [6, 6.07) is 6.42. The Hall–Kier alpha value is -1.55. The van der Waals surface area contributed by atoms with Crippen molar-refractivity contribution in [2.75, 3.05) is 0 Å². The van der Waals surface area contributed by atoms with Gasteiger partial charge >= 0.3 is 0 Å². The SMILES string of the molecule is Cc1ccc(C)c(-n2ccnc2S[C@@H]2CCCCC2=O)c1. The average molecular weight is 300 g/mol. The lowest BCUT2D eigenvalue weighted by Crippen LogP contribution is -2.21. The quantitative estimate of drug-likeness (QED) is 0.856. The molecule has 1 aliphatic rings. The van der Waals surface area contributed by atoms with E-state index in [1.54, 1.807) is 11.8 Å². The molecule has 1 heterocycles. The highest BCUT2D eigenvalue weighted by Gasteiger charge is 2.25. The van der Waals surface area contributed by atoms with E-state index in [4.69, 9.17) is 0 Å². The highest BCUT2D eigenvalue weighted by molar-refractivity contribution is 8.00. The van der Waals surface area contributed by atoms with Gasteiger partial charge in [-0.2, -0.15) is 0 Å². The van der Waals surface area contributed by atoms with Crippen molar-refractivity contribution in [1.82, 2.24) is 9.55 Å². The van der Waals surface area contributed by atoms with Gasteiger partial charge in [0.2, 0.25) is 0 Å². The predicted octanol–water partition coefficient (Wildman–Crippen LogP) is 4.09. The van der Waals surface area contributed by atoms with E-state index in [0.29, 0.717) is 5.78 Å². The molecule has 21 heavy (non-hydrogen) atoms. The summed E-state index contributed by atoms with van der Waals surface area (Å²) in [4.78, 5) is 16.5. The molecule has 4 heteroatoms. The van der Waals surface area contributed by atoms with Gasteiger partial charge in [0.15, 0.2) is 5.16 Å². The number of imidazole rings is 1. The Morgan fingerprint density at radius 2 is 2.14 bits per heavy atom. The Labute approximate surface area is 129 Å². The maximum absolute atomic E-state index is 12.0. The number of hydrogen-bond donors (Lipinski definition) is 0. The van der Waals surface area contributed by atoms with Crippen LogP contribution in [0.15, 0.2) is 35.7 Å². The van der Waals surface area contributed by atoms with Gasteiger partial charge in [-0.15, -0.1) is 0 Å². The van der Waals surface area contributed by atoms with Crippen LogP contribution >= 0.6 is 11.8 Å². The van der Waals surface area contributed by atoms with Crippen molar-refractivity contribution >= 4 is 17.5 Å². The van der Waals surface area contributed by atoms with Crippen LogP contribution in [0.5, 0.6) is 0 Å². The smallest absolute Gasteiger partial charge is 0.173 e. The number of ketones is 1. The number of benzene rings is 1. The second-order valence-electron chi connectivity index (χ2n) is 5.69. The van der Waals surface area contributed by atoms with Crippen LogP contribution in [-0.2, 0) is 4.79 Å². The highest BCUT2D eigenvalue weighted by Crippen LogP contribution is 2.32. The van der Waals surface area contributed by atoms with E-state index in [1.165, 1.54) is 11.1 Å². The minimum Gasteiger partial charge on any atom is -0.298 e. The van der Waals surface area contributed by atoms with Crippen LogP contribution < -0.4 is 0 Å². The lowest BCUT2D eigenvalue weighted by molar-refractivity contribution is -0.119. The molecule has 0 spiro atoms. The normalized spacial score (nSPS) is 19.0. The molecule has 1 fully saturated rings. The van der Waals surface area contributed by atoms with E-state index in [1.807, 2.05) is 12.4 Å². The van der Waals surface area contributed by atoms with E-state index in [0.717, 1.165) is 36.5 Å². The maximum atomic E-state index is 12.0. The van der Waals surface area contributed by atoms with Crippen molar-refractivity contribution in [3.8, 4) is 5.69 Å². The lowest BCUT2D eigenvalue weighted by Gasteiger charge is -2.20. The van der Waals surface area contributed by atoms with Crippen molar-refractivity contribution in [1.29, 1.82) is 0 Å². The Bertz CT molecular complexity index is 663. The number of hydrogen-bond acceptors (Lipinski definition) is 3. The summed E-state index contributed by atoms with van der Waals surface area (Å²) < 4.78 is 2.11. The zero-order valence-corrected chi connectivity index (χ0v) is 13.3. The van der Waals surface area contributed by atoms with E-state index in [2.05, 4.69) is 41.6 Å². The Balaban J connectivity index is 1.90. The molecule has 2 aromatic rings. The first-order chi connectivity index (χ1) is 10.1. The molecule has 1 aromatic heterocycles. The van der Waals surface area contributed by atoms with E-state index < -0.39 is 0 Å². The second kappa shape index (κ2) is 6.06. The molecule has 0 saturated heterocycles. The average Bonchev–Trinajstić information content (AvgIpc) is 2.92. The fraction of sp³-hybridized carbons (Fsp3) is 0.412. The summed E-state index contributed by atoms with van der Waals surface area (Å²) >= 11 is 1.62. The van der Waals surface area contributed by atoms with Crippen LogP contribution in [-0.4, -0.2) is 20.6 Å². The van der Waals surface area contributed by atoms with Crippen LogP contribution in [0.25, 0.3) is 5.69 Å². The molecule has 3 nitrogen and oxygen atoms in total. The topological polar surface area (TPSA) is 34.9 Å². The molecule has 0 bridgehead atoms. The largest absolute Gasteiger partial charge is 0.298 e. The number of rotatable bonds is 3. The fourth-order valence-corrected chi connectivity index (χ4v) is 3.92. The molecule has 1 saturated carbocycles. The van der Waals surface area contributed by atoms with Gasteiger partial charge < -0.3 is 0 Å². The number of aromatic nitrogens is 2. The Morgan fingerprint density at radius 3 is 2.95 bits per heavy atom. The van der Waals surface area contributed by atoms with Crippen molar-refractivity contribution in [3.63, 3.8) is 0 Å². The molecular formula is C17H20N2OS. The molecule has 1 aromatic carbocycles. The van der Waals surface area contributed by atoms with Crippen LogP contribution in [0.3, 0.4) is 0 Å². The summed E-state index contributed by atoms with van der Waals surface area (Å²) in [5.41, 5.74) is 3.60. The number of aryl methyl sites for hydroxylation is 2. The minimum atomic E-state index is 0.0741. The summed E-state index contributed by atoms with van der Waals surface area (Å²) in [7, 11) is 0. The number of carbonyl (C=O) groups is 1. The lowest BCUT2D eigenvalue weighted by atomic mass is 9.99. The third kappa shape index (κ3) is 3.05. The highest BCUT2D eigenvalue weighted by atomic mass is 32.2. The van der Waals surface area contributed by atoms with Crippen LogP contribution in [0.2, 0.25) is 0 Å². The number of carbonyl (C=O) groups excluding carboxylic acids is 1. The van der Waals surface area contributed by atoms with Gasteiger partial charge in [-0.1, -0.05) is 30.3 Å². The summed E-state index contributed by atoms with van der Waals surface area (Å²) in [6.45, 7) is 4.20. The van der Waals surface area contributed by atoms with E-state index in [-0.39, 0.29) is 5.25 Å². The predicted molar refractivity (Wildman–Crippen MR) is 86.2 cm³/mol. The van der Waals surface area contributed by atoms with Gasteiger partial charge in [0.25, 0.3) is 0 Å². The molecule has 3 rings (SSSR count). The monoisotopic (exact) mass is 300 g/mol. The van der Waals surface area contributed by atoms with Gasteiger partial charge in [-0.05, 0) is 43.9 Å². The Morgan fingerprint density at radius 1 is 1.29 bits per heavy atom. The van der Waals surface area contributed by atoms with Crippen molar-refractivity contribution in [2.24, 2.45) is 0 Å². The molecular weight excluding hydrogens is 280 g/mol. The number of thioether (sulfide) groups is 1. The third-order valence-electron chi connectivity index (χ3n) is 3.98. The van der Waals surface area contributed by atoms with E-state index in [9.17, 15) is 4.79 Å². The first-order valence-electron chi connectivity index (χ1n) is 7.45. The first-order valence-corrected chi connectivity index (χ1v) is 8.33. The van der Waals surface area contributed by atoms with Gasteiger partial charge in [-0.3, -0.25) is 9.36 Å². The zero-order valence-electron chi connectivity index (χ0n) is 12.5. The van der Waals surface area contributed by atoms with Crippen molar-refractivity contribution < 1.29 is 4.79 Å². The number of Topliss-reactive ketones (excluding diaryl/α,β-unsaturated/α-hetero) is 1. The fourth-order valence-electron chi connectivity index (χ4n) is 2.74. The molecule has 1 aliphatic carbocycles. The molecule has 110 valence electrons.